The molecule has 22 heavy (non-hydrogen) atoms. The molecular formula is C16H19N3O3. The summed E-state index contributed by atoms with van der Waals surface area (Å²) in [6, 6.07) is 6.99. The van der Waals surface area contributed by atoms with Crippen LogP contribution in [0.5, 0.6) is 0 Å². The molecule has 3 heterocycles. The Hall–Kier alpha value is -2.34. The van der Waals surface area contributed by atoms with Gasteiger partial charge in [-0.15, -0.1) is 0 Å². The number of nitrogens with one attached hydrogen (secondary N) is 1. The summed E-state index contributed by atoms with van der Waals surface area (Å²) in [6.45, 7) is 1.21. The molecule has 1 aliphatic heterocycles. The molecule has 2 N–H and O–H groups in total. The SMILES string of the molecule is O=C(Nc1cccnc1-c1ccco1)N1CCCC(O)CC1. The lowest BCUT2D eigenvalue weighted by Gasteiger charge is -2.21. The van der Waals surface area contributed by atoms with Crippen LogP contribution in [-0.2, 0) is 0 Å². The first kappa shape index (κ1) is 14.6. The minimum absolute atomic E-state index is 0.171. The van der Waals surface area contributed by atoms with Crippen molar-refractivity contribution in [2.75, 3.05) is 18.4 Å². The van der Waals surface area contributed by atoms with Gasteiger partial charge in [0, 0.05) is 19.3 Å². The molecule has 0 spiro atoms. The van der Waals surface area contributed by atoms with E-state index in [0.717, 1.165) is 12.8 Å². The second kappa shape index (κ2) is 6.62. The molecule has 1 fully saturated rings. The minimum atomic E-state index is -0.310. The van der Waals surface area contributed by atoms with Crippen molar-refractivity contribution in [2.45, 2.75) is 25.4 Å². The number of furan rings is 1. The lowest BCUT2D eigenvalue weighted by Crippen LogP contribution is -2.36. The van der Waals surface area contributed by atoms with Crippen LogP contribution in [0.15, 0.2) is 41.1 Å². The van der Waals surface area contributed by atoms with E-state index in [0.29, 0.717) is 36.7 Å². The Balaban J connectivity index is 1.74. The maximum Gasteiger partial charge on any atom is 0.321 e. The number of nitrogens with zero attached hydrogens (tertiary/aromatic N) is 2. The highest BCUT2D eigenvalue weighted by molar-refractivity contribution is 5.92. The topological polar surface area (TPSA) is 78.6 Å². The molecule has 2 amide bonds. The van der Waals surface area contributed by atoms with Crippen LogP contribution in [0.4, 0.5) is 10.5 Å². The number of aromatic nitrogens is 1. The van der Waals surface area contributed by atoms with Crippen molar-refractivity contribution in [2.24, 2.45) is 0 Å². The first-order valence-electron chi connectivity index (χ1n) is 7.47. The Bertz CT molecular complexity index is 627. The number of pyridine rings is 1. The van der Waals surface area contributed by atoms with E-state index in [4.69, 9.17) is 4.42 Å². The minimum Gasteiger partial charge on any atom is -0.463 e. The molecule has 116 valence electrons. The van der Waals surface area contributed by atoms with Crippen LogP contribution in [0.1, 0.15) is 19.3 Å². The Kier molecular flexibility index (Phi) is 4.39. The molecule has 1 atom stereocenters. The Labute approximate surface area is 128 Å². The number of hydrogen-bond acceptors (Lipinski definition) is 4. The third-order valence-electron chi connectivity index (χ3n) is 3.79. The van der Waals surface area contributed by atoms with E-state index < -0.39 is 0 Å². The molecule has 1 aliphatic rings. The van der Waals surface area contributed by atoms with Gasteiger partial charge in [0.05, 0.1) is 18.1 Å². The van der Waals surface area contributed by atoms with Crippen LogP contribution in [0.2, 0.25) is 0 Å². The summed E-state index contributed by atoms with van der Waals surface area (Å²) in [5, 5.41) is 12.6. The van der Waals surface area contributed by atoms with Crippen molar-refractivity contribution >= 4 is 11.7 Å². The quantitative estimate of drug-likeness (QED) is 0.894. The number of anilines is 1. The zero-order valence-electron chi connectivity index (χ0n) is 12.2. The molecule has 6 heteroatoms. The van der Waals surface area contributed by atoms with Gasteiger partial charge in [-0.25, -0.2) is 4.79 Å². The van der Waals surface area contributed by atoms with Crippen LogP contribution >= 0.6 is 0 Å². The van der Waals surface area contributed by atoms with E-state index in [1.807, 2.05) is 0 Å². The van der Waals surface area contributed by atoms with Gasteiger partial charge in [0.1, 0.15) is 5.69 Å². The highest BCUT2D eigenvalue weighted by Crippen LogP contribution is 2.26. The summed E-state index contributed by atoms with van der Waals surface area (Å²) in [5.41, 5.74) is 1.22. The number of carbonyl (C=O) groups excluding carboxylic acids is 1. The van der Waals surface area contributed by atoms with Gasteiger partial charge in [-0.1, -0.05) is 0 Å². The maximum atomic E-state index is 12.4. The lowest BCUT2D eigenvalue weighted by molar-refractivity contribution is 0.156. The lowest BCUT2D eigenvalue weighted by atomic mass is 10.2. The summed E-state index contributed by atoms with van der Waals surface area (Å²) in [4.78, 5) is 18.4. The zero-order valence-corrected chi connectivity index (χ0v) is 12.2. The van der Waals surface area contributed by atoms with Crippen molar-refractivity contribution in [3.8, 4) is 11.5 Å². The van der Waals surface area contributed by atoms with E-state index in [1.165, 1.54) is 0 Å². The number of hydrogen-bond donors (Lipinski definition) is 2. The molecular weight excluding hydrogens is 282 g/mol. The van der Waals surface area contributed by atoms with Gasteiger partial charge in [0.15, 0.2) is 5.76 Å². The van der Waals surface area contributed by atoms with Gasteiger partial charge in [-0.05, 0) is 43.5 Å². The number of rotatable bonds is 2. The number of amides is 2. The highest BCUT2D eigenvalue weighted by Gasteiger charge is 2.20. The molecule has 6 nitrogen and oxygen atoms in total. The molecule has 3 rings (SSSR count). The predicted molar refractivity (Wildman–Crippen MR) is 82.4 cm³/mol. The second-order valence-electron chi connectivity index (χ2n) is 5.38. The van der Waals surface area contributed by atoms with Crippen molar-refractivity contribution in [3.63, 3.8) is 0 Å². The molecule has 0 aliphatic carbocycles. The van der Waals surface area contributed by atoms with Crippen LogP contribution in [0.25, 0.3) is 11.5 Å². The average Bonchev–Trinajstić information content (AvgIpc) is 2.96. The summed E-state index contributed by atoms with van der Waals surface area (Å²) in [5.74, 6) is 0.613. The molecule has 2 aromatic heterocycles. The average molecular weight is 301 g/mol. The van der Waals surface area contributed by atoms with Crippen LogP contribution in [0, 0.1) is 0 Å². The number of likely N-dealkylation sites (tertiary alicyclic amines) is 1. The Morgan fingerprint density at radius 2 is 2.23 bits per heavy atom. The maximum absolute atomic E-state index is 12.4. The standard InChI is InChI=1S/C16H19N3O3/c20-12-4-2-9-19(10-7-12)16(21)18-13-5-1-8-17-15(13)14-6-3-11-22-14/h1,3,5-6,8,11-12,20H,2,4,7,9-10H2,(H,18,21). The number of aliphatic hydroxyl groups is 1. The van der Waals surface area contributed by atoms with Crippen molar-refractivity contribution < 1.29 is 14.3 Å². The Morgan fingerprint density at radius 1 is 1.32 bits per heavy atom. The normalized spacial score (nSPS) is 18.8. The summed E-state index contributed by atoms with van der Waals surface area (Å²) >= 11 is 0. The van der Waals surface area contributed by atoms with E-state index in [1.54, 1.807) is 41.6 Å². The largest absolute Gasteiger partial charge is 0.463 e. The van der Waals surface area contributed by atoms with Gasteiger partial charge in [0.2, 0.25) is 0 Å². The number of urea groups is 1. The zero-order chi connectivity index (χ0) is 15.4. The van der Waals surface area contributed by atoms with Crippen LogP contribution in [-0.4, -0.2) is 40.2 Å². The van der Waals surface area contributed by atoms with E-state index >= 15 is 0 Å². The van der Waals surface area contributed by atoms with Crippen molar-refractivity contribution in [1.82, 2.24) is 9.88 Å². The number of carbonyl (C=O) groups is 1. The number of aliphatic hydroxyl groups excluding tert-OH is 1. The fourth-order valence-corrected chi connectivity index (χ4v) is 2.59. The first-order chi connectivity index (χ1) is 10.7. The van der Waals surface area contributed by atoms with Gasteiger partial charge in [-0.2, -0.15) is 0 Å². The Morgan fingerprint density at radius 3 is 3.05 bits per heavy atom. The van der Waals surface area contributed by atoms with Gasteiger partial charge < -0.3 is 19.7 Å². The smallest absolute Gasteiger partial charge is 0.321 e. The molecule has 0 bridgehead atoms. The summed E-state index contributed by atoms with van der Waals surface area (Å²) < 4.78 is 5.36. The van der Waals surface area contributed by atoms with Gasteiger partial charge in [-0.3, -0.25) is 4.98 Å². The molecule has 0 radical (unpaired) electrons. The van der Waals surface area contributed by atoms with Crippen molar-refractivity contribution in [3.05, 3.63) is 36.7 Å². The monoisotopic (exact) mass is 301 g/mol. The summed E-state index contributed by atoms with van der Waals surface area (Å²) in [7, 11) is 0. The molecule has 2 aromatic rings. The fraction of sp³-hybridized carbons (Fsp3) is 0.375. The van der Waals surface area contributed by atoms with E-state index in [9.17, 15) is 9.90 Å². The first-order valence-corrected chi connectivity index (χ1v) is 7.47. The molecule has 0 saturated carbocycles. The van der Waals surface area contributed by atoms with Gasteiger partial charge in [0.25, 0.3) is 0 Å². The molecule has 1 unspecified atom stereocenters. The fourth-order valence-electron chi connectivity index (χ4n) is 2.59. The van der Waals surface area contributed by atoms with Gasteiger partial charge >= 0.3 is 6.03 Å². The molecule has 0 aromatic carbocycles. The van der Waals surface area contributed by atoms with Crippen LogP contribution < -0.4 is 5.32 Å². The predicted octanol–water partition coefficient (Wildman–Crippen LogP) is 2.72. The summed E-state index contributed by atoms with van der Waals surface area (Å²) in [6.07, 6.45) is 5.10. The highest BCUT2D eigenvalue weighted by atomic mass is 16.3. The third-order valence-corrected chi connectivity index (χ3v) is 3.79. The van der Waals surface area contributed by atoms with Crippen molar-refractivity contribution in [1.29, 1.82) is 0 Å². The second-order valence-corrected chi connectivity index (χ2v) is 5.38. The third kappa shape index (κ3) is 3.28. The van der Waals surface area contributed by atoms with Crippen LogP contribution in [0.3, 0.4) is 0 Å². The van der Waals surface area contributed by atoms with E-state index in [2.05, 4.69) is 10.3 Å². The molecule has 1 saturated heterocycles. The van der Waals surface area contributed by atoms with E-state index in [-0.39, 0.29) is 12.1 Å².